The number of rotatable bonds is 5. The number of nitrogens with zero attached hydrogens (tertiary/aromatic N) is 2. The number of thioether (sulfide) groups is 1. The van der Waals surface area contributed by atoms with Crippen molar-refractivity contribution >= 4 is 33.4 Å². The molecule has 1 saturated carbocycles. The molecule has 0 amide bonds. The zero-order chi connectivity index (χ0) is 14.0. The van der Waals surface area contributed by atoms with Crippen molar-refractivity contribution in [3.05, 3.63) is 21.0 Å². The molecule has 0 bridgehead atoms. The molecule has 0 saturated heterocycles. The van der Waals surface area contributed by atoms with Crippen LogP contribution in [0.4, 0.5) is 5.69 Å². The van der Waals surface area contributed by atoms with E-state index in [4.69, 9.17) is 0 Å². The number of hydrogen-bond donors (Lipinski definition) is 1. The first-order valence-electron chi connectivity index (χ1n) is 6.55. The molecular formula is C13H20BrN3OS. The summed E-state index contributed by atoms with van der Waals surface area (Å²) >= 11 is 5.30. The normalized spacial score (nSPS) is 17.3. The zero-order valence-electron chi connectivity index (χ0n) is 11.6. The van der Waals surface area contributed by atoms with E-state index in [1.54, 1.807) is 6.20 Å². The van der Waals surface area contributed by atoms with E-state index in [2.05, 4.69) is 32.6 Å². The SMILES string of the molecule is CSC1(CNc2cnn(C(C)C)c(=O)c2Br)CCC1. The Labute approximate surface area is 126 Å². The maximum Gasteiger partial charge on any atom is 0.283 e. The Bertz CT molecular complexity index is 506. The molecule has 0 radical (unpaired) electrons. The van der Waals surface area contributed by atoms with Crippen molar-refractivity contribution < 1.29 is 0 Å². The fourth-order valence-corrected chi connectivity index (χ4v) is 3.55. The molecule has 1 N–H and O–H groups in total. The van der Waals surface area contributed by atoms with Gasteiger partial charge in [-0.1, -0.05) is 6.42 Å². The van der Waals surface area contributed by atoms with Crippen molar-refractivity contribution in [2.24, 2.45) is 0 Å². The molecule has 0 aromatic carbocycles. The Balaban J connectivity index is 2.13. The van der Waals surface area contributed by atoms with E-state index in [9.17, 15) is 4.79 Å². The summed E-state index contributed by atoms with van der Waals surface area (Å²) in [6.07, 6.45) is 7.69. The monoisotopic (exact) mass is 345 g/mol. The second kappa shape index (κ2) is 5.87. The van der Waals surface area contributed by atoms with Gasteiger partial charge in [0.15, 0.2) is 0 Å². The summed E-state index contributed by atoms with van der Waals surface area (Å²) in [5.74, 6) is 0. The number of halogens is 1. The van der Waals surface area contributed by atoms with Gasteiger partial charge in [-0.05, 0) is 48.9 Å². The van der Waals surface area contributed by atoms with Crippen LogP contribution in [0, 0.1) is 0 Å². The van der Waals surface area contributed by atoms with Crippen molar-refractivity contribution in [1.29, 1.82) is 0 Å². The maximum absolute atomic E-state index is 12.1. The highest BCUT2D eigenvalue weighted by molar-refractivity contribution is 9.10. The molecule has 4 nitrogen and oxygen atoms in total. The molecule has 1 fully saturated rings. The summed E-state index contributed by atoms with van der Waals surface area (Å²) in [5.41, 5.74) is 0.717. The first-order chi connectivity index (χ1) is 8.99. The van der Waals surface area contributed by atoms with Gasteiger partial charge >= 0.3 is 0 Å². The largest absolute Gasteiger partial charge is 0.381 e. The number of aromatic nitrogens is 2. The summed E-state index contributed by atoms with van der Waals surface area (Å²) in [4.78, 5) is 12.1. The third kappa shape index (κ3) is 2.99. The quantitative estimate of drug-likeness (QED) is 0.889. The molecule has 1 aromatic heterocycles. The summed E-state index contributed by atoms with van der Waals surface area (Å²) in [6.45, 7) is 4.79. The molecule has 19 heavy (non-hydrogen) atoms. The minimum atomic E-state index is -0.0770. The highest BCUT2D eigenvalue weighted by Gasteiger charge is 2.35. The lowest BCUT2D eigenvalue weighted by Crippen LogP contribution is -2.40. The predicted molar refractivity (Wildman–Crippen MR) is 85.2 cm³/mol. The molecular weight excluding hydrogens is 326 g/mol. The van der Waals surface area contributed by atoms with Crippen LogP contribution in [-0.2, 0) is 0 Å². The minimum absolute atomic E-state index is 0.0713. The number of anilines is 1. The first kappa shape index (κ1) is 14.9. The molecule has 0 atom stereocenters. The van der Waals surface area contributed by atoms with Crippen molar-refractivity contribution in [1.82, 2.24) is 9.78 Å². The van der Waals surface area contributed by atoms with Gasteiger partial charge in [0, 0.05) is 11.3 Å². The van der Waals surface area contributed by atoms with Crippen molar-refractivity contribution in [3.63, 3.8) is 0 Å². The van der Waals surface area contributed by atoms with Crippen LogP contribution in [0.2, 0.25) is 0 Å². The van der Waals surface area contributed by atoms with E-state index in [-0.39, 0.29) is 11.6 Å². The average molecular weight is 346 g/mol. The molecule has 1 aromatic rings. The van der Waals surface area contributed by atoms with Gasteiger partial charge in [0.05, 0.1) is 17.9 Å². The maximum atomic E-state index is 12.1. The molecule has 106 valence electrons. The fraction of sp³-hybridized carbons (Fsp3) is 0.692. The van der Waals surface area contributed by atoms with E-state index < -0.39 is 0 Å². The standard InChI is InChI=1S/C13H20BrN3OS/c1-9(2)17-12(18)11(14)10(7-16-17)15-8-13(19-3)5-4-6-13/h7,9,15H,4-6,8H2,1-3H3. The number of nitrogens with one attached hydrogen (secondary N) is 1. The van der Waals surface area contributed by atoms with E-state index in [0.717, 1.165) is 12.2 Å². The van der Waals surface area contributed by atoms with Crippen molar-refractivity contribution in [3.8, 4) is 0 Å². The summed E-state index contributed by atoms with van der Waals surface area (Å²) in [6, 6.07) is 0.0713. The second-order valence-corrected chi connectivity index (χ2v) is 7.38. The van der Waals surface area contributed by atoms with Crippen LogP contribution < -0.4 is 10.9 Å². The van der Waals surface area contributed by atoms with Crippen LogP contribution >= 0.6 is 27.7 Å². The molecule has 6 heteroatoms. The summed E-state index contributed by atoms with van der Waals surface area (Å²) < 4.78 is 2.40. The lowest BCUT2D eigenvalue weighted by atomic mass is 9.84. The topological polar surface area (TPSA) is 46.9 Å². The van der Waals surface area contributed by atoms with Gasteiger partial charge < -0.3 is 5.32 Å². The molecule has 1 heterocycles. The third-order valence-electron chi connectivity index (χ3n) is 3.73. The lowest BCUT2D eigenvalue weighted by Gasteiger charge is -2.40. The average Bonchev–Trinajstić information content (AvgIpc) is 2.33. The molecule has 0 unspecified atom stereocenters. The van der Waals surface area contributed by atoms with Crippen LogP contribution in [0.15, 0.2) is 15.5 Å². The van der Waals surface area contributed by atoms with E-state index in [0.29, 0.717) is 9.22 Å². The Hall–Kier alpha value is -0.490. The fourth-order valence-electron chi connectivity index (χ4n) is 2.22. The summed E-state index contributed by atoms with van der Waals surface area (Å²) in [7, 11) is 0. The zero-order valence-corrected chi connectivity index (χ0v) is 14.0. The molecule has 1 aliphatic rings. The molecule has 2 rings (SSSR count). The summed E-state index contributed by atoms with van der Waals surface area (Å²) in [5, 5.41) is 7.58. The molecule has 1 aliphatic carbocycles. The molecule has 0 aliphatic heterocycles. The van der Waals surface area contributed by atoms with Crippen molar-refractivity contribution in [2.45, 2.75) is 43.9 Å². The van der Waals surface area contributed by atoms with Gasteiger partial charge in [-0.3, -0.25) is 4.79 Å². The third-order valence-corrected chi connectivity index (χ3v) is 5.92. The lowest BCUT2D eigenvalue weighted by molar-refractivity contribution is 0.379. The minimum Gasteiger partial charge on any atom is -0.381 e. The smallest absolute Gasteiger partial charge is 0.283 e. The van der Waals surface area contributed by atoms with Crippen LogP contribution in [0.25, 0.3) is 0 Å². The van der Waals surface area contributed by atoms with Gasteiger partial charge in [-0.15, -0.1) is 0 Å². The van der Waals surface area contributed by atoms with Crippen LogP contribution in [0.1, 0.15) is 39.2 Å². The van der Waals surface area contributed by atoms with Gasteiger partial charge in [-0.2, -0.15) is 16.9 Å². The van der Waals surface area contributed by atoms with Crippen LogP contribution in [-0.4, -0.2) is 27.3 Å². The van der Waals surface area contributed by atoms with Gasteiger partial charge in [0.2, 0.25) is 0 Å². The van der Waals surface area contributed by atoms with Gasteiger partial charge in [0.1, 0.15) is 4.47 Å². The van der Waals surface area contributed by atoms with Gasteiger partial charge in [-0.25, -0.2) is 4.68 Å². The van der Waals surface area contributed by atoms with Crippen molar-refractivity contribution in [2.75, 3.05) is 18.1 Å². The molecule has 0 spiro atoms. The second-order valence-electron chi connectivity index (χ2n) is 5.31. The Morgan fingerprint density at radius 2 is 2.26 bits per heavy atom. The predicted octanol–water partition coefficient (Wildman–Crippen LogP) is 3.28. The van der Waals surface area contributed by atoms with E-state index in [1.807, 2.05) is 25.6 Å². The first-order valence-corrected chi connectivity index (χ1v) is 8.57. The van der Waals surface area contributed by atoms with Crippen LogP contribution in [0.5, 0.6) is 0 Å². The highest BCUT2D eigenvalue weighted by atomic mass is 79.9. The van der Waals surface area contributed by atoms with E-state index >= 15 is 0 Å². The number of hydrogen-bond acceptors (Lipinski definition) is 4. The van der Waals surface area contributed by atoms with E-state index in [1.165, 1.54) is 23.9 Å². The highest BCUT2D eigenvalue weighted by Crippen LogP contribution is 2.42. The Kier molecular flexibility index (Phi) is 4.61. The Morgan fingerprint density at radius 1 is 1.58 bits per heavy atom. The Morgan fingerprint density at radius 3 is 2.74 bits per heavy atom. The van der Waals surface area contributed by atoms with Crippen LogP contribution in [0.3, 0.4) is 0 Å². The van der Waals surface area contributed by atoms with Gasteiger partial charge in [0.25, 0.3) is 5.56 Å².